The molecule has 32 heavy (non-hydrogen) atoms. The number of ether oxygens (including phenoxy) is 2. The summed E-state index contributed by atoms with van der Waals surface area (Å²) in [5.41, 5.74) is 1.35. The summed E-state index contributed by atoms with van der Waals surface area (Å²) in [7, 11) is 1.59. The third kappa shape index (κ3) is 4.96. The van der Waals surface area contributed by atoms with Gasteiger partial charge in [0, 0.05) is 41.8 Å². The molecule has 3 aromatic rings. The summed E-state index contributed by atoms with van der Waals surface area (Å²) in [4.78, 5) is 29.0. The molecule has 4 rings (SSSR count). The highest BCUT2D eigenvalue weighted by Crippen LogP contribution is 2.24. The molecule has 0 atom stereocenters. The summed E-state index contributed by atoms with van der Waals surface area (Å²) in [6.45, 7) is 2.11. The maximum absolute atomic E-state index is 13.1. The van der Waals surface area contributed by atoms with Crippen molar-refractivity contribution in [2.45, 2.75) is 6.61 Å². The van der Waals surface area contributed by atoms with Crippen LogP contribution in [0.15, 0.2) is 69.8 Å². The Balaban J connectivity index is 1.40. The highest BCUT2D eigenvalue weighted by molar-refractivity contribution is 9.10. The van der Waals surface area contributed by atoms with Gasteiger partial charge in [-0.3, -0.25) is 9.59 Å². The molecule has 1 aliphatic rings. The molecule has 2 amide bonds. The van der Waals surface area contributed by atoms with E-state index in [1.165, 1.54) is 6.26 Å². The highest BCUT2D eigenvalue weighted by Gasteiger charge is 2.27. The first-order chi connectivity index (χ1) is 15.5. The Bertz CT molecular complexity index is 1070. The fourth-order valence-electron chi connectivity index (χ4n) is 3.57. The average molecular weight is 499 g/mol. The van der Waals surface area contributed by atoms with Gasteiger partial charge in [-0.2, -0.15) is 0 Å². The number of halogens is 1. The summed E-state index contributed by atoms with van der Waals surface area (Å²) in [6, 6.07) is 16.2. The minimum Gasteiger partial charge on any atom is -0.496 e. The number of methoxy groups -OCH3 is 1. The van der Waals surface area contributed by atoms with Gasteiger partial charge in [-0.1, -0.05) is 15.9 Å². The maximum atomic E-state index is 13.1. The van der Waals surface area contributed by atoms with Gasteiger partial charge in [0.15, 0.2) is 5.76 Å². The number of hydrogen-bond acceptors (Lipinski definition) is 5. The van der Waals surface area contributed by atoms with E-state index in [2.05, 4.69) is 15.9 Å². The lowest BCUT2D eigenvalue weighted by Crippen LogP contribution is -2.50. The SMILES string of the molecule is COc1ccc(C(=O)N2CCN(C(=O)c3ccco3)CC2)cc1COc1ccc(Br)cc1. The van der Waals surface area contributed by atoms with Crippen LogP contribution in [0.2, 0.25) is 0 Å². The van der Waals surface area contributed by atoms with Crippen molar-refractivity contribution in [1.29, 1.82) is 0 Å². The van der Waals surface area contributed by atoms with Gasteiger partial charge in [-0.15, -0.1) is 0 Å². The summed E-state index contributed by atoms with van der Waals surface area (Å²) in [5, 5.41) is 0. The molecular weight excluding hydrogens is 476 g/mol. The van der Waals surface area contributed by atoms with Crippen LogP contribution in [0.25, 0.3) is 0 Å². The van der Waals surface area contributed by atoms with E-state index >= 15 is 0 Å². The molecule has 0 unspecified atom stereocenters. The van der Waals surface area contributed by atoms with Gasteiger partial charge in [0.1, 0.15) is 18.1 Å². The van der Waals surface area contributed by atoms with Gasteiger partial charge in [-0.05, 0) is 54.6 Å². The number of carbonyl (C=O) groups excluding carboxylic acids is 2. The summed E-state index contributed by atoms with van der Waals surface area (Å²) in [6.07, 6.45) is 1.48. The van der Waals surface area contributed by atoms with Gasteiger partial charge in [0.25, 0.3) is 11.8 Å². The molecule has 2 aromatic carbocycles. The molecule has 1 fully saturated rings. The van der Waals surface area contributed by atoms with Crippen LogP contribution in [-0.2, 0) is 6.61 Å². The predicted molar refractivity (Wildman–Crippen MR) is 122 cm³/mol. The zero-order valence-corrected chi connectivity index (χ0v) is 19.2. The first kappa shape index (κ1) is 22.0. The number of furan rings is 1. The van der Waals surface area contributed by atoms with Crippen LogP contribution >= 0.6 is 15.9 Å². The molecule has 0 radical (unpaired) electrons. The number of amides is 2. The normalized spacial score (nSPS) is 13.7. The molecule has 0 bridgehead atoms. The molecule has 0 saturated carbocycles. The molecular formula is C24H23BrN2O5. The summed E-state index contributed by atoms with van der Waals surface area (Å²) >= 11 is 3.41. The zero-order chi connectivity index (χ0) is 22.5. The standard InChI is InChI=1S/C24H23BrN2O5/c1-30-21-9-4-17(15-18(21)16-32-20-7-5-19(25)6-8-20)23(28)26-10-12-27(13-11-26)24(29)22-3-2-14-31-22/h2-9,14-15H,10-13,16H2,1H3. The van der Waals surface area contributed by atoms with Crippen LogP contribution < -0.4 is 9.47 Å². The Labute approximate surface area is 194 Å². The van der Waals surface area contributed by atoms with Crippen molar-refractivity contribution < 1.29 is 23.5 Å². The van der Waals surface area contributed by atoms with Crippen LogP contribution in [0.3, 0.4) is 0 Å². The molecule has 8 heteroatoms. The van der Waals surface area contributed by atoms with Crippen LogP contribution in [0.4, 0.5) is 0 Å². The molecule has 0 N–H and O–H groups in total. The number of benzene rings is 2. The number of hydrogen-bond donors (Lipinski definition) is 0. The zero-order valence-electron chi connectivity index (χ0n) is 17.6. The maximum Gasteiger partial charge on any atom is 0.289 e. The van der Waals surface area contributed by atoms with E-state index in [9.17, 15) is 9.59 Å². The van der Waals surface area contributed by atoms with Gasteiger partial charge < -0.3 is 23.7 Å². The van der Waals surface area contributed by atoms with Crippen LogP contribution in [-0.4, -0.2) is 54.9 Å². The number of nitrogens with zero attached hydrogens (tertiary/aromatic N) is 2. The highest BCUT2D eigenvalue weighted by atomic mass is 79.9. The van der Waals surface area contributed by atoms with Crippen molar-refractivity contribution in [3.8, 4) is 11.5 Å². The average Bonchev–Trinajstić information content (AvgIpc) is 3.38. The Morgan fingerprint density at radius 2 is 1.66 bits per heavy atom. The minimum atomic E-state index is -0.154. The lowest BCUT2D eigenvalue weighted by molar-refractivity contribution is 0.0518. The van der Waals surface area contributed by atoms with Gasteiger partial charge >= 0.3 is 0 Å². The molecule has 2 heterocycles. The van der Waals surface area contributed by atoms with E-state index in [4.69, 9.17) is 13.9 Å². The summed E-state index contributed by atoms with van der Waals surface area (Å²) < 4.78 is 17.5. The fourth-order valence-corrected chi connectivity index (χ4v) is 3.83. The first-order valence-corrected chi connectivity index (χ1v) is 11.0. The minimum absolute atomic E-state index is 0.0809. The Morgan fingerprint density at radius 1 is 0.969 bits per heavy atom. The molecule has 7 nitrogen and oxygen atoms in total. The Kier molecular flexibility index (Phi) is 6.80. The summed E-state index contributed by atoms with van der Waals surface area (Å²) in [5.74, 6) is 1.47. The molecule has 1 saturated heterocycles. The second-order valence-electron chi connectivity index (χ2n) is 7.33. The van der Waals surface area contributed by atoms with E-state index < -0.39 is 0 Å². The Hall–Kier alpha value is -3.26. The van der Waals surface area contributed by atoms with Crippen molar-refractivity contribution >= 4 is 27.7 Å². The molecule has 166 valence electrons. The molecule has 1 aromatic heterocycles. The molecule has 0 aliphatic carbocycles. The molecule has 0 spiro atoms. The van der Waals surface area contributed by atoms with E-state index in [0.29, 0.717) is 43.3 Å². The van der Waals surface area contributed by atoms with Crippen LogP contribution in [0, 0.1) is 0 Å². The van der Waals surface area contributed by atoms with Crippen LogP contribution in [0.1, 0.15) is 26.5 Å². The van der Waals surface area contributed by atoms with Crippen molar-refractivity contribution in [2.24, 2.45) is 0 Å². The smallest absolute Gasteiger partial charge is 0.289 e. The molecule has 1 aliphatic heterocycles. The number of piperazine rings is 1. The van der Waals surface area contributed by atoms with E-state index in [1.807, 2.05) is 24.3 Å². The van der Waals surface area contributed by atoms with Crippen molar-refractivity contribution in [3.63, 3.8) is 0 Å². The third-order valence-electron chi connectivity index (χ3n) is 5.32. The van der Waals surface area contributed by atoms with Crippen LogP contribution in [0.5, 0.6) is 11.5 Å². The van der Waals surface area contributed by atoms with Crippen molar-refractivity contribution in [2.75, 3.05) is 33.3 Å². The second kappa shape index (κ2) is 9.91. The Morgan fingerprint density at radius 3 is 2.28 bits per heavy atom. The van der Waals surface area contributed by atoms with Crippen molar-refractivity contribution in [3.05, 3.63) is 82.2 Å². The predicted octanol–water partition coefficient (Wildman–Crippen LogP) is 4.23. The second-order valence-corrected chi connectivity index (χ2v) is 8.25. The topological polar surface area (TPSA) is 72.2 Å². The first-order valence-electron chi connectivity index (χ1n) is 10.2. The number of rotatable bonds is 6. The quantitative estimate of drug-likeness (QED) is 0.508. The van der Waals surface area contributed by atoms with E-state index in [-0.39, 0.29) is 18.4 Å². The number of carbonyl (C=O) groups is 2. The largest absolute Gasteiger partial charge is 0.496 e. The van der Waals surface area contributed by atoms with Crippen molar-refractivity contribution in [1.82, 2.24) is 9.80 Å². The third-order valence-corrected chi connectivity index (χ3v) is 5.85. The van der Waals surface area contributed by atoms with Gasteiger partial charge in [-0.25, -0.2) is 0 Å². The van der Waals surface area contributed by atoms with Gasteiger partial charge in [0.05, 0.1) is 13.4 Å². The fraction of sp³-hybridized carbons (Fsp3) is 0.250. The lowest BCUT2D eigenvalue weighted by Gasteiger charge is -2.34. The van der Waals surface area contributed by atoms with Gasteiger partial charge in [0.2, 0.25) is 0 Å². The monoisotopic (exact) mass is 498 g/mol. The lowest BCUT2D eigenvalue weighted by atomic mass is 10.1. The van der Waals surface area contributed by atoms with E-state index in [0.717, 1.165) is 15.8 Å². The van der Waals surface area contributed by atoms with E-state index in [1.54, 1.807) is 47.2 Å².